The van der Waals surface area contributed by atoms with Gasteiger partial charge in [0, 0.05) is 33.2 Å². The number of hydroxylamine groups is 1. The van der Waals surface area contributed by atoms with E-state index in [0.717, 1.165) is 25.9 Å². The Hall–Kier alpha value is -0.810. The maximum Gasteiger partial charge on any atom is 0.319 e. The van der Waals surface area contributed by atoms with E-state index >= 15 is 0 Å². The first-order chi connectivity index (χ1) is 6.15. The summed E-state index contributed by atoms with van der Waals surface area (Å²) in [4.78, 5) is 14.8. The second kappa shape index (κ2) is 4.43. The Labute approximate surface area is 78.3 Å². The van der Waals surface area contributed by atoms with Crippen LogP contribution in [0.15, 0.2) is 0 Å². The molecule has 1 aliphatic rings. The fourth-order valence-corrected chi connectivity index (χ4v) is 1.48. The molecule has 2 N–H and O–H groups in total. The summed E-state index contributed by atoms with van der Waals surface area (Å²) in [6.45, 7) is 1.44. The van der Waals surface area contributed by atoms with Gasteiger partial charge in [-0.3, -0.25) is 0 Å². The third-order valence-corrected chi connectivity index (χ3v) is 2.33. The second-order valence-electron chi connectivity index (χ2n) is 3.57. The highest BCUT2D eigenvalue weighted by Gasteiger charge is 2.22. The van der Waals surface area contributed by atoms with Crippen molar-refractivity contribution in [3.8, 4) is 0 Å². The van der Waals surface area contributed by atoms with Crippen molar-refractivity contribution in [2.24, 2.45) is 0 Å². The highest BCUT2D eigenvalue weighted by Crippen LogP contribution is 2.10. The summed E-state index contributed by atoms with van der Waals surface area (Å²) in [5.74, 6) is 0. The summed E-state index contributed by atoms with van der Waals surface area (Å²) in [6, 6.07) is 0.197. The molecule has 13 heavy (non-hydrogen) atoms. The minimum Gasteiger partial charge on any atom is -0.331 e. The third kappa shape index (κ3) is 2.57. The number of nitrogens with zero attached hydrogens (tertiary/aromatic N) is 2. The van der Waals surface area contributed by atoms with Gasteiger partial charge in [-0.05, 0) is 12.8 Å². The van der Waals surface area contributed by atoms with Crippen LogP contribution in [-0.2, 0) is 0 Å². The number of hydrogen-bond donors (Lipinski definition) is 2. The average Bonchev–Trinajstić information content (AvgIpc) is 2.17. The lowest BCUT2D eigenvalue weighted by Crippen LogP contribution is -2.47. The molecule has 0 aliphatic carbocycles. The van der Waals surface area contributed by atoms with Crippen molar-refractivity contribution in [1.82, 2.24) is 15.3 Å². The Balaban J connectivity index is 2.36. The van der Waals surface area contributed by atoms with Gasteiger partial charge in [0.1, 0.15) is 0 Å². The normalized spacial score (nSPS) is 18.8. The average molecular weight is 187 g/mol. The van der Waals surface area contributed by atoms with E-state index in [2.05, 4.69) is 5.48 Å². The van der Waals surface area contributed by atoms with E-state index in [1.165, 1.54) is 0 Å². The zero-order chi connectivity index (χ0) is 9.84. The minimum absolute atomic E-state index is 0.0522. The number of piperidine rings is 1. The summed E-state index contributed by atoms with van der Waals surface area (Å²) >= 11 is 0. The van der Waals surface area contributed by atoms with E-state index in [1.807, 2.05) is 0 Å². The number of likely N-dealkylation sites (tertiary alicyclic amines) is 1. The van der Waals surface area contributed by atoms with Crippen molar-refractivity contribution in [3.63, 3.8) is 0 Å². The van der Waals surface area contributed by atoms with E-state index in [1.54, 1.807) is 23.9 Å². The molecule has 5 heteroatoms. The minimum atomic E-state index is 0.0522. The molecule has 0 spiro atoms. The van der Waals surface area contributed by atoms with Crippen molar-refractivity contribution in [2.45, 2.75) is 18.9 Å². The molecular formula is C8H17N3O2. The monoisotopic (exact) mass is 187 g/mol. The fraction of sp³-hybridized carbons (Fsp3) is 0.875. The summed E-state index contributed by atoms with van der Waals surface area (Å²) < 4.78 is 0. The van der Waals surface area contributed by atoms with Crippen LogP contribution in [0.25, 0.3) is 0 Å². The molecule has 0 aromatic rings. The van der Waals surface area contributed by atoms with E-state index in [0.29, 0.717) is 0 Å². The van der Waals surface area contributed by atoms with Gasteiger partial charge in [0.05, 0.1) is 0 Å². The first kappa shape index (κ1) is 10.3. The second-order valence-corrected chi connectivity index (χ2v) is 3.57. The van der Waals surface area contributed by atoms with Gasteiger partial charge in [0.25, 0.3) is 0 Å². The molecule has 1 aliphatic heterocycles. The van der Waals surface area contributed by atoms with Crippen molar-refractivity contribution >= 4 is 6.03 Å². The quantitative estimate of drug-likeness (QED) is 0.573. The maximum absolute atomic E-state index is 11.5. The van der Waals surface area contributed by atoms with Gasteiger partial charge in [-0.15, -0.1) is 0 Å². The number of rotatable bonds is 1. The predicted molar refractivity (Wildman–Crippen MR) is 48.6 cm³/mol. The molecule has 76 valence electrons. The standard InChI is InChI=1S/C8H17N3O2/c1-10(2)8(12)11-5-3-7(9-13)4-6-11/h7,9,13H,3-6H2,1-2H3. The number of nitrogens with one attached hydrogen (secondary N) is 1. The van der Waals surface area contributed by atoms with Crippen molar-refractivity contribution in [3.05, 3.63) is 0 Å². The van der Waals surface area contributed by atoms with Crippen molar-refractivity contribution in [2.75, 3.05) is 27.2 Å². The SMILES string of the molecule is CN(C)C(=O)N1CCC(NO)CC1. The molecule has 0 bridgehead atoms. The smallest absolute Gasteiger partial charge is 0.319 e. The van der Waals surface area contributed by atoms with Gasteiger partial charge in [-0.1, -0.05) is 0 Å². The Morgan fingerprint density at radius 3 is 2.38 bits per heavy atom. The molecule has 2 amide bonds. The molecule has 0 unspecified atom stereocenters. The number of amides is 2. The summed E-state index contributed by atoms with van der Waals surface area (Å²) in [6.07, 6.45) is 1.63. The molecule has 5 nitrogen and oxygen atoms in total. The van der Waals surface area contributed by atoms with Crippen LogP contribution in [0.5, 0.6) is 0 Å². The number of hydrogen-bond acceptors (Lipinski definition) is 3. The maximum atomic E-state index is 11.5. The van der Waals surface area contributed by atoms with Crippen LogP contribution in [0.1, 0.15) is 12.8 Å². The summed E-state index contributed by atoms with van der Waals surface area (Å²) in [5.41, 5.74) is 2.24. The molecule has 1 rings (SSSR count). The third-order valence-electron chi connectivity index (χ3n) is 2.33. The Bertz CT molecular complexity index is 176. The van der Waals surface area contributed by atoms with Gasteiger partial charge in [0.15, 0.2) is 0 Å². The predicted octanol–water partition coefficient (Wildman–Crippen LogP) is 0.111. The molecule has 1 fully saturated rings. The van der Waals surface area contributed by atoms with Crippen molar-refractivity contribution < 1.29 is 10.0 Å². The first-order valence-electron chi connectivity index (χ1n) is 4.51. The molecule has 1 saturated heterocycles. The Morgan fingerprint density at radius 1 is 1.46 bits per heavy atom. The molecule has 0 aromatic heterocycles. The van der Waals surface area contributed by atoms with E-state index in [9.17, 15) is 4.79 Å². The van der Waals surface area contributed by atoms with Crippen LogP contribution < -0.4 is 5.48 Å². The zero-order valence-electron chi connectivity index (χ0n) is 8.16. The van der Waals surface area contributed by atoms with Gasteiger partial charge < -0.3 is 15.0 Å². The fourth-order valence-electron chi connectivity index (χ4n) is 1.48. The number of carbonyl (C=O) groups excluding carboxylic acids is 1. The molecule has 1 heterocycles. The molecule has 0 aromatic carbocycles. The molecule has 0 atom stereocenters. The first-order valence-corrected chi connectivity index (χ1v) is 4.51. The van der Waals surface area contributed by atoms with Crippen LogP contribution in [0.4, 0.5) is 4.79 Å². The largest absolute Gasteiger partial charge is 0.331 e. The number of urea groups is 1. The number of carbonyl (C=O) groups is 1. The van der Waals surface area contributed by atoms with E-state index in [4.69, 9.17) is 5.21 Å². The van der Waals surface area contributed by atoms with Crippen LogP contribution in [-0.4, -0.2) is 54.3 Å². The van der Waals surface area contributed by atoms with Crippen LogP contribution in [0, 0.1) is 0 Å². The van der Waals surface area contributed by atoms with E-state index in [-0.39, 0.29) is 12.1 Å². The van der Waals surface area contributed by atoms with Gasteiger partial charge in [-0.2, -0.15) is 0 Å². The highest BCUT2D eigenvalue weighted by molar-refractivity contribution is 5.73. The van der Waals surface area contributed by atoms with Gasteiger partial charge >= 0.3 is 6.03 Å². The summed E-state index contributed by atoms with van der Waals surface area (Å²) in [7, 11) is 3.50. The van der Waals surface area contributed by atoms with Gasteiger partial charge in [-0.25, -0.2) is 10.3 Å². The lowest BCUT2D eigenvalue weighted by Gasteiger charge is -2.32. The Morgan fingerprint density at radius 2 is 2.00 bits per heavy atom. The zero-order valence-corrected chi connectivity index (χ0v) is 8.16. The molecule has 0 saturated carbocycles. The van der Waals surface area contributed by atoms with E-state index < -0.39 is 0 Å². The van der Waals surface area contributed by atoms with Crippen LogP contribution in [0.2, 0.25) is 0 Å². The van der Waals surface area contributed by atoms with Crippen molar-refractivity contribution in [1.29, 1.82) is 0 Å². The lowest BCUT2D eigenvalue weighted by molar-refractivity contribution is 0.0847. The lowest BCUT2D eigenvalue weighted by atomic mass is 10.1. The molecular weight excluding hydrogens is 170 g/mol. The Kier molecular flexibility index (Phi) is 3.50. The summed E-state index contributed by atoms with van der Waals surface area (Å²) in [5, 5.41) is 8.66. The topological polar surface area (TPSA) is 55.8 Å². The van der Waals surface area contributed by atoms with Crippen LogP contribution >= 0.6 is 0 Å². The van der Waals surface area contributed by atoms with Gasteiger partial charge in [0.2, 0.25) is 0 Å². The highest BCUT2D eigenvalue weighted by atomic mass is 16.5. The molecule has 0 radical (unpaired) electrons. The van der Waals surface area contributed by atoms with Crippen LogP contribution in [0.3, 0.4) is 0 Å².